The monoisotopic (exact) mass is 230 g/mol. The first-order valence-corrected chi connectivity index (χ1v) is 5.30. The minimum atomic E-state index is -4.18. The summed E-state index contributed by atoms with van der Waals surface area (Å²) >= 11 is 0. The van der Waals surface area contributed by atoms with Gasteiger partial charge < -0.3 is 5.11 Å². The SMILES string of the molecule is OC(CCC(F)(F)F)C1Cc2ccccc21. The van der Waals surface area contributed by atoms with Gasteiger partial charge in [-0.25, -0.2) is 0 Å². The zero-order valence-electron chi connectivity index (χ0n) is 8.67. The number of benzene rings is 1. The molecule has 0 aliphatic heterocycles. The van der Waals surface area contributed by atoms with Gasteiger partial charge in [-0.3, -0.25) is 0 Å². The molecule has 1 aromatic rings. The van der Waals surface area contributed by atoms with Gasteiger partial charge in [-0.1, -0.05) is 24.3 Å². The van der Waals surface area contributed by atoms with Crippen molar-refractivity contribution >= 4 is 0 Å². The molecule has 1 nitrogen and oxygen atoms in total. The average Bonchev–Trinajstić information content (AvgIpc) is 2.16. The predicted molar refractivity (Wildman–Crippen MR) is 54.2 cm³/mol. The standard InChI is InChI=1S/C12H13F3O/c13-12(14,15)6-5-11(16)10-7-8-3-1-2-4-9(8)10/h1-4,10-11,16H,5-7H2. The van der Waals surface area contributed by atoms with Crippen LogP contribution in [0.2, 0.25) is 0 Å². The van der Waals surface area contributed by atoms with Crippen LogP contribution in [0.1, 0.15) is 29.9 Å². The third-order valence-corrected chi connectivity index (χ3v) is 3.08. The van der Waals surface area contributed by atoms with E-state index in [1.807, 2.05) is 24.3 Å². The molecule has 2 atom stereocenters. The lowest BCUT2D eigenvalue weighted by Crippen LogP contribution is -2.30. The molecular formula is C12H13F3O. The second-order valence-electron chi connectivity index (χ2n) is 4.23. The summed E-state index contributed by atoms with van der Waals surface area (Å²) in [5, 5.41) is 9.68. The summed E-state index contributed by atoms with van der Waals surface area (Å²) < 4.78 is 36.0. The fourth-order valence-electron chi connectivity index (χ4n) is 2.15. The molecule has 16 heavy (non-hydrogen) atoms. The molecule has 0 bridgehead atoms. The van der Waals surface area contributed by atoms with Crippen molar-refractivity contribution in [1.29, 1.82) is 0 Å². The van der Waals surface area contributed by atoms with E-state index in [1.54, 1.807) is 0 Å². The molecule has 0 fully saturated rings. The zero-order valence-corrected chi connectivity index (χ0v) is 8.67. The average molecular weight is 230 g/mol. The molecule has 0 saturated carbocycles. The van der Waals surface area contributed by atoms with Crippen molar-refractivity contribution in [2.45, 2.75) is 37.5 Å². The lowest BCUT2D eigenvalue weighted by atomic mass is 9.73. The summed E-state index contributed by atoms with van der Waals surface area (Å²) in [4.78, 5) is 0. The third-order valence-electron chi connectivity index (χ3n) is 3.08. The second kappa shape index (κ2) is 4.09. The first-order chi connectivity index (χ1) is 7.47. The minimum Gasteiger partial charge on any atom is -0.392 e. The third kappa shape index (κ3) is 2.38. The van der Waals surface area contributed by atoms with Crippen LogP contribution in [-0.4, -0.2) is 17.4 Å². The largest absolute Gasteiger partial charge is 0.392 e. The van der Waals surface area contributed by atoms with Crippen LogP contribution in [0.4, 0.5) is 13.2 Å². The quantitative estimate of drug-likeness (QED) is 0.846. The second-order valence-corrected chi connectivity index (χ2v) is 4.23. The van der Waals surface area contributed by atoms with Crippen molar-refractivity contribution in [1.82, 2.24) is 0 Å². The Labute approximate surface area is 91.9 Å². The van der Waals surface area contributed by atoms with Gasteiger partial charge in [-0.05, 0) is 24.0 Å². The number of rotatable bonds is 3. The maximum absolute atomic E-state index is 12.0. The Hall–Kier alpha value is -1.03. The lowest BCUT2D eigenvalue weighted by molar-refractivity contribution is -0.140. The number of alkyl halides is 3. The topological polar surface area (TPSA) is 20.2 Å². The van der Waals surface area contributed by atoms with Crippen LogP contribution in [0.25, 0.3) is 0 Å². The van der Waals surface area contributed by atoms with Crippen LogP contribution in [-0.2, 0) is 6.42 Å². The number of aliphatic hydroxyl groups excluding tert-OH is 1. The normalized spacial score (nSPS) is 21.1. The van der Waals surface area contributed by atoms with Crippen molar-refractivity contribution in [2.24, 2.45) is 0 Å². The van der Waals surface area contributed by atoms with Crippen LogP contribution in [0.3, 0.4) is 0 Å². The highest BCUT2D eigenvalue weighted by atomic mass is 19.4. The minimum absolute atomic E-state index is 0.112. The van der Waals surface area contributed by atoms with E-state index >= 15 is 0 Å². The summed E-state index contributed by atoms with van der Waals surface area (Å²) in [6.45, 7) is 0. The number of aliphatic hydroxyl groups is 1. The Bertz CT molecular complexity index is 373. The molecule has 2 rings (SSSR count). The Morgan fingerprint density at radius 3 is 2.62 bits per heavy atom. The molecule has 2 unspecified atom stereocenters. The first kappa shape index (κ1) is 11.5. The Kier molecular flexibility index (Phi) is 2.93. The fourth-order valence-corrected chi connectivity index (χ4v) is 2.15. The maximum Gasteiger partial charge on any atom is 0.389 e. The van der Waals surface area contributed by atoms with Crippen molar-refractivity contribution in [3.63, 3.8) is 0 Å². The molecule has 1 N–H and O–H groups in total. The van der Waals surface area contributed by atoms with E-state index < -0.39 is 18.7 Å². The summed E-state index contributed by atoms with van der Waals surface area (Å²) in [6, 6.07) is 7.57. The van der Waals surface area contributed by atoms with Gasteiger partial charge in [0.1, 0.15) is 0 Å². The Balaban J connectivity index is 1.92. The van der Waals surface area contributed by atoms with Gasteiger partial charge in [0.05, 0.1) is 6.10 Å². The summed E-state index contributed by atoms with van der Waals surface area (Å²) in [6.07, 6.45) is -5.48. The number of hydrogen-bond acceptors (Lipinski definition) is 1. The number of hydrogen-bond donors (Lipinski definition) is 1. The van der Waals surface area contributed by atoms with Crippen LogP contribution in [0.5, 0.6) is 0 Å². The van der Waals surface area contributed by atoms with Crippen molar-refractivity contribution in [2.75, 3.05) is 0 Å². The van der Waals surface area contributed by atoms with Crippen LogP contribution in [0.15, 0.2) is 24.3 Å². The molecule has 1 aromatic carbocycles. The predicted octanol–water partition coefficient (Wildman–Crippen LogP) is 3.03. The number of fused-ring (bicyclic) bond motifs is 1. The first-order valence-electron chi connectivity index (χ1n) is 5.30. The van der Waals surface area contributed by atoms with Gasteiger partial charge >= 0.3 is 6.18 Å². The highest BCUT2D eigenvalue weighted by Crippen LogP contribution is 2.39. The molecule has 0 spiro atoms. The summed E-state index contributed by atoms with van der Waals surface area (Å²) in [7, 11) is 0. The van der Waals surface area contributed by atoms with Gasteiger partial charge in [0.15, 0.2) is 0 Å². The summed E-state index contributed by atoms with van der Waals surface area (Å²) in [5.41, 5.74) is 2.13. The molecule has 0 heterocycles. The molecule has 0 amide bonds. The van der Waals surface area contributed by atoms with Gasteiger partial charge in [-0.2, -0.15) is 13.2 Å². The van der Waals surface area contributed by atoms with E-state index in [-0.39, 0.29) is 12.3 Å². The maximum atomic E-state index is 12.0. The smallest absolute Gasteiger partial charge is 0.389 e. The molecule has 1 aliphatic rings. The highest BCUT2D eigenvalue weighted by molar-refractivity contribution is 5.40. The highest BCUT2D eigenvalue weighted by Gasteiger charge is 2.34. The van der Waals surface area contributed by atoms with E-state index in [4.69, 9.17) is 0 Å². The van der Waals surface area contributed by atoms with E-state index in [1.165, 1.54) is 0 Å². The van der Waals surface area contributed by atoms with Crippen molar-refractivity contribution in [3.05, 3.63) is 35.4 Å². The lowest BCUT2D eigenvalue weighted by Gasteiger charge is -2.34. The molecule has 0 radical (unpaired) electrons. The molecule has 0 saturated heterocycles. The Morgan fingerprint density at radius 1 is 1.31 bits per heavy atom. The van der Waals surface area contributed by atoms with E-state index in [0.717, 1.165) is 11.1 Å². The van der Waals surface area contributed by atoms with E-state index in [0.29, 0.717) is 6.42 Å². The summed E-state index contributed by atoms with van der Waals surface area (Å²) in [5.74, 6) is -0.112. The number of halogens is 3. The molecule has 88 valence electrons. The van der Waals surface area contributed by atoms with Crippen LogP contribution < -0.4 is 0 Å². The molecule has 4 heteroatoms. The van der Waals surface area contributed by atoms with Gasteiger partial charge in [0.2, 0.25) is 0 Å². The van der Waals surface area contributed by atoms with Crippen LogP contribution in [0, 0.1) is 0 Å². The van der Waals surface area contributed by atoms with Crippen molar-refractivity contribution in [3.8, 4) is 0 Å². The van der Waals surface area contributed by atoms with Crippen molar-refractivity contribution < 1.29 is 18.3 Å². The van der Waals surface area contributed by atoms with Gasteiger partial charge in [0, 0.05) is 12.3 Å². The van der Waals surface area contributed by atoms with E-state index in [9.17, 15) is 18.3 Å². The Morgan fingerprint density at radius 2 is 2.00 bits per heavy atom. The van der Waals surface area contributed by atoms with E-state index in [2.05, 4.69) is 0 Å². The van der Waals surface area contributed by atoms with Gasteiger partial charge in [-0.15, -0.1) is 0 Å². The fraction of sp³-hybridized carbons (Fsp3) is 0.500. The molecule has 1 aliphatic carbocycles. The zero-order chi connectivity index (χ0) is 11.8. The molecular weight excluding hydrogens is 217 g/mol. The van der Waals surface area contributed by atoms with Gasteiger partial charge in [0.25, 0.3) is 0 Å². The molecule has 0 aromatic heterocycles. The van der Waals surface area contributed by atoms with Crippen LogP contribution >= 0.6 is 0 Å².